The van der Waals surface area contributed by atoms with Crippen molar-refractivity contribution >= 4 is 5.91 Å². The zero-order valence-corrected chi connectivity index (χ0v) is 22.7. The van der Waals surface area contributed by atoms with Crippen LogP contribution < -0.4 is 4.74 Å². The van der Waals surface area contributed by atoms with Crippen molar-refractivity contribution in [3.05, 3.63) is 137 Å². The lowest BCUT2D eigenvalue weighted by atomic mass is 10.1. The second-order valence-electron chi connectivity index (χ2n) is 9.80. The van der Waals surface area contributed by atoms with E-state index in [-0.39, 0.29) is 5.91 Å². The Kier molecular flexibility index (Phi) is 7.88. The molecule has 0 bridgehead atoms. The van der Waals surface area contributed by atoms with Crippen molar-refractivity contribution < 1.29 is 9.53 Å². The Bertz CT molecular complexity index is 1560. The number of hydrogen-bond donors (Lipinski definition) is 0. The smallest absolute Gasteiger partial charge is 0.272 e. The van der Waals surface area contributed by atoms with Crippen LogP contribution in [0.25, 0.3) is 16.9 Å². The van der Waals surface area contributed by atoms with Crippen molar-refractivity contribution in [1.82, 2.24) is 14.7 Å². The van der Waals surface area contributed by atoms with Gasteiger partial charge in [0.25, 0.3) is 5.91 Å². The minimum absolute atomic E-state index is 0.0589. The van der Waals surface area contributed by atoms with E-state index in [9.17, 15) is 4.79 Å². The summed E-state index contributed by atoms with van der Waals surface area (Å²) in [4.78, 5) is 16.3. The van der Waals surface area contributed by atoms with Gasteiger partial charge in [0, 0.05) is 18.7 Å². The van der Waals surface area contributed by atoms with Gasteiger partial charge in [-0.15, -0.1) is 0 Å². The molecule has 1 aromatic heterocycles. The molecule has 0 aliphatic heterocycles. The Morgan fingerprint density at radius 3 is 2.23 bits per heavy atom. The second kappa shape index (κ2) is 11.8. The van der Waals surface area contributed by atoms with Gasteiger partial charge in [-0.25, -0.2) is 4.68 Å². The van der Waals surface area contributed by atoms with Gasteiger partial charge >= 0.3 is 0 Å². The number of amides is 1. The maximum Gasteiger partial charge on any atom is 0.272 e. The maximum absolute atomic E-state index is 14.4. The predicted octanol–water partition coefficient (Wildman–Crippen LogP) is 7.05. The highest BCUT2D eigenvalue weighted by molar-refractivity contribution is 5.94. The molecule has 5 heteroatoms. The van der Waals surface area contributed by atoms with Crippen LogP contribution in [0.3, 0.4) is 0 Å². The van der Waals surface area contributed by atoms with Crippen LogP contribution in [0.5, 0.6) is 5.75 Å². The van der Waals surface area contributed by atoms with Crippen LogP contribution >= 0.6 is 0 Å². The minimum Gasteiger partial charge on any atom is -0.497 e. The van der Waals surface area contributed by atoms with Gasteiger partial charge in [0.1, 0.15) is 11.4 Å². The van der Waals surface area contributed by atoms with E-state index in [1.54, 1.807) is 11.8 Å². The lowest BCUT2D eigenvalue weighted by Crippen LogP contribution is -2.34. The van der Waals surface area contributed by atoms with Crippen molar-refractivity contribution in [1.29, 1.82) is 0 Å². The minimum atomic E-state index is -0.0589. The molecule has 0 unspecified atom stereocenters. The molecule has 1 amide bonds. The van der Waals surface area contributed by atoms with Crippen molar-refractivity contribution in [2.24, 2.45) is 0 Å². The fraction of sp³-hybridized carbons (Fsp3) is 0.176. The number of ether oxygens (including phenoxy) is 1. The first-order valence-electron chi connectivity index (χ1n) is 13.2. The van der Waals surface area contributed by atoms with E-state index in [1.165, 1.54) is 5.56 Å². The summed E-state index contributed by atoms with van der Waals surface area (Å²) < 4.78 is 7.24. The first-order valence-corrected chi connectivity index (χ1v) is 13.2. The summed E-state index contributed by atoms with van der Waals surface area (Å²) in [6.45, 7) is 5.22. The monoisotopic (exact) mass is 515 g/mol. The first-order chi connectivity index (χ1) is 19.0. The van der Waals surface area contributed by atoms with Gasteiger partial charge in [-0.1, -0.05) is 90.5 Å². The van der Waals surface area contributed by atoms with Crippen molar-refractivity contribution in [2.45, 2.75) is 26.8 Å². The third-order valence-electron chi connectivity index (χ3n) is 6.89. The standard InChI is InChI=1S/C34H33N3O2/c1-25-17-18-32(26(2)21-25)37-33(23-31(35-37)29-15-10-16-30(22-29)39-3)34(38)36(24-28-13-8-5-9-14-28)20-19-27-11-6-4-7-12-27/h4-18,21-23H,19-20,24H2,1-3H3. The molecular weight excluding hydrogens is 482 g/mol. The van der Waals surface area contributed by atoms with Gasteiger partial charge in [0.05, 0.1) is 18.5 Å². The topological polar surface area (TPSA) is 47.4 Å². The highest BCUT2D eigenvalue weighted by Gasteiger charge is 2.24. The fourth-order valence-electron chi connectivity index (χ4n) is 4.81. The largest absolute Gasteiger partial charge is 0.497 e. The van der Waals surface area contributed by atoms with Crippen LogP contribution in [-0.2, 0) is 13.0 Å². The average Bonchev–Trinajstić information content (AvgIpc) is 3.41. The van der Waals surface area contributed by atoms with Crippen molar-refractivity contribution in [3.63, 3.8) is 0 Å². The van der Waals surface area contributed by atoms with Gasteiger partial charge in [-0.05, 0) is 61.2 Å². The first kappa shape index (κ1) is 26.0. The molecule has 0 spiro atoms. The Hall–Kier alpha value is -4.64. The summed E-state index contributed by atoms with van der Waals surface area (Å²) >= 11 is 0. The predicted molar refractivity (Wildman–Crippen MR) is 156 cm³/mol. The molecule has 1 heterocycles. The molecule has 5 nitrogen and oxygen atoms in total. The fourth-order valence-corrected chi connectivity index (χ4v) is 4.81. The number of aryl methyl sites for hydroxylation is 2. The van der Waals surface area contributed by atoms with Crippen LogP contribution in [0.15, 0.2) is 109 Å². The molecule has 5 rings (SSSR count). The van der Waals surface area contributed by atoms with Crippen LogP contribution in [0.1, 0.15) is 32.7 Å². The Balaban J connectivity index is 1.57. The molecule has 0 radical (unpaired) electrons. The highest BCUT2D eigenvalue weighted by Crippen LogP contribution is 2.27. The molecule has 196 valence electrons. The van der Waals surface area contributed by atoms with E-state index in [0.29, 0.717) is 18.8 Å². The summed E-state index contributed by atoms with van der Waals surface area (Å²) in [5.41, 5.74) is 7.55. The third kappa shape index (κ3) is 6.10. The van der Waals surface area contributed by atoms with E-state index in [1.807, 2.05) is 77.7 Å². The van der Waals surface area contributed by atoms with Crippen LogP contribution in [0.2, 0.25) is 0 Å². The molecule has 39 heavy (non-hydrogen) atoms. The second-order valence-corrected chi connectivity index (χ2v) is 9.80. The molecule has 4 aromatic carbocycles. The Morgan fingerprint density at radius 2 is 1.54 bits per heavy atom. The number of benzene rings is 4. The number of hydrogen-bond acceptors (Lipinski definition) is 3. The number of aromatic nitrogens is 2. The SMILES string of the molecule is COc1cccc(-c2cc(C(=O)N(CCc3ccccc3)Cc3ccccc3)n(-c3ccc(C)cc3C)n2)c1. The summed E-state index contributed by atoms with van der Waals surface area (Å²) in [6.07, 6.45) is 0.764. The third-order valence-corrected chi connectivity index (χ3v) is 6.89. The number of nitrogens with zero attached hydrogens (tertiary/aromatic N) is 3. The quantitative estimate of drug-likeness (QED) is 0.211. The summed E-state index contributed by atoms with van der Waals surface area (Å²) in [5.74, 6) is 0.686. The zero-order valence-electron chi connectivity index (χ0n) is 22.7. The number of carbonyl (C=O) groups excluding carboxylic acids is 1. The maximum atomic E-state index is 14.4. The van der Waals surface area contributed by atoms with Crippen LogP contribution in [0.4, 0.5) is 0 Å². The van der Waals surface area contributed by atoms with Crippen molar-refractivity contribution in [3.8, 4) is 22.7 Å². The van der Waals surface area contributed by atoms with Crippen molar-refractivity contribution in [2.75, 3.05) is 13.7 Å². The number of rotatable bonds is 9. The summed E-state index contributed by atoms with van der Waals surface area (Å²) in [7, 11) is 1.65. The average molecular weight is 516 g/mol. The molecular formula is C34H33N3O2. The Labute approximate surface area is 230 Å². The van der Waals surface area contributed by atoms with Gasteiger partial charge in [0.15, 0.2) is 0 Å². The van der Waals surface area contributed by atoms with Crippen LogP contribution in [0, 0.1) is 13.8 Å². The molecule has 0 aliphatic rings. The molecule has 0 saturated heterocycles. The van der Waals surface area contributed by atoms with Gasteiger partial charge in [0.2, 0.25) is 0 Å². The van der Waals surface area contributed by atoms with E-state index in [0.717, 1.165) is 45.8 Å². The molecule has 0 saturated carbocycles. The van der Waals surface area contributed by atoms with E-state index in [2.05, 4.69) is 50.2 Å². The van der Waals surface area contributed by atoms with Gasteiger partial charge in [-0.2, -0.15) is 5.10 Å². The zero-order chi connectivity index (χ0) is 27.2. The molecule has 0 N–H and O–H groups in total. The normalized spacial score (nSPS) is 10.8. The van der Waals surface area contributed by atoms with E-state index in [4.69, 9.17) is 9.84 Å². The molecule has 0 fully saturated rings. The lowest BCUT2D eigenvalue weighted by Gasteiger charge is -2.23. The summed E-state index contributed by atoms with van der Waals surface area (Å²) in [6, 6.07) is 36.3. The van der Waals surface area contributed by atoms with Gasteiger partial charge < -0.3 is 9.64 Å². The van der Waals surface area contributed by atoms with E-state index >= 15 is 0 Å². The molecule has 0 aliphatic carbocycles. The van der Waals surface area contributed by atoms with E-state index < -0.39 is 0 Å². The van der Waals surface area contributed by atoms with Crippen LogP contribution in [-0.4, -0.2) is 34.2 Å². The molecule has 0 atom stereocenters. The Morgan fingerprint density at radius 1 is 0.821 bits per heavy atom. The van der Waals surface area contributed by atoms with Gasteiger partial charge in [-0.3, -0.25) is 4.79 Å². The lowest BCUT2D eigenvalue weighted by molar-refractivity contribution is 0.0736. The number of methoxy groups -OCH3 is 1. The summed E-state index contributed by atoms with van der Waals surface area (Å²) in [5, 5.41) is 4.96. The number of carbonyl (C=O) groups is 1. The molecule has 5 aromatic rings. The highest BCUT2D eigenvalue weighted by atomic mass is 16.5.